The van der Waals surface area contributed by atoms with E-state index in [9.17, 15) is 9.59 Å². The molecule has 70 valence electrons. The molecule has 0 radical (unpaired) electrons. The fraction of sp³-hybridized carbons (Fsp3) is 0.286. The quantitative estimate of drug-likeness (QED) is 0.649. The molecular formula is C7H8N2O4. The Hall–Kier alpha value is -1.85. The van der Waals surface area contributed by atoms with Gasteiger partial charge in [-0.1, -0.05) is 0 Å². The van der Waals surface area contributed by atoms with Crippen molar-refractivity contribution in [2.24, 2.45) is 7.05 Å². The number of nitrogens with zero attached hydrogens (tertiary/aromatic N) is 2. The van der Waals surface area contributed by atoms with Crippen molar-refractivity contribution in [2.75, 3.05) is 7.11 Å². The summed E-state index contributed by atoms with van der Waals surface area (Å²) in [6, 6.07) is 0. The van der Waals surface area contributed by atoms with Gasteiger partial charge in [-0.15, -0.1) is 0 Å². The predicted molar refractivity (Wildman–Crippen MR) is 41.5 cm³/mol. The lowest BCUT2D eigenvalue weighted by Crippen LogP contribution is -2.12. The third kappa shape index (κ3) is 1.51. The summed E-state index contributed by atoms with van der Waals surface area (Å²) in [6.07, 6.45) is 1.16. The van der Waals surface area contributed by atoms with E-state index in [1.165, 1.54) is 14.2 Å². The molecule has 1 heterocycles. The Labute approximate surface area is 73.8 Å². The van der Waals surface area contributed by atoms with Crippen LogP contribution < -0.4 is 0 Å². The van der Waals surface area contributed by atoms with Crippen LogP contribution in [0.2, 0.25) is 0 Å². The van der Waals surface area contributed by atoms with Gasteiger partial charge in [0.15, 0.2) is 0 Å². The zero-order valence-corrected chi connectivity index (χ0v) is 7.14. The lowest BCUT2D eigenvalue weighted by molar-refractivity contribution is 0.0589. The van der Waals surface area contributed by atoms with E-state index in [0.717, 1.165) is 10.8 Å². The Morgan fingerprint density at radius 1 is 1.62 bits per heavy atom. The van der Waals surface area contributed by atoms with Crippen molar-refractivity contribution in [1.29, 1.82) is 0 Å². The molecule has 0 fully saturated rings. The van der Waals surface area contributed by atoms with Gasteiger partial charge < -0.3 is 14.4 Å². The molecule has 6 nitrogen and oxygen atoms in total. The zero-order valence-electron chi connectivity index (χ0n) is 7.14. The molecule has 0 amide bonds. The van der Waals surface area contributed by atoms with Crippen LogP contribution in [0.5, 0.6) is 0 Å². The van der Waals surface area contributed by atoms with E-state index in [4.69, 9.17) is 5.11 Å². The van der Waals surface area contributed by atoms with Gasteiger partial charge in [0.2, 0.25) is 5.82 Å². The maximum atomic E-state index is 11.0. The maximum absolute atomic E-state index is 11.0. The topological polar surface area (TPSA) is 81.4 Å². The highest BCUT2D eigenvalue weighted by molar-refractivity contribution is 5.90. The minimum absolute atomic E-state index is 0.111. The van der Waals surface area contributed by atoms with Crippen LogP contribution in [0.15, 0.2) is 6.20 Å². The van der Waals surface area contributed by atoms with Gasteiger partial charge in [-0.3, -0.25) is 0 Å². The number of aromatic nitrogens is 2. The van der Waals surface area contributed by atoms with Crippen molar-refractivity contribution in [2.45, 2.75) is 0 Å². The van der Waals surface area contributed by atoms with Crippen molar-refractivity contribution in [1.82, 2.24) is 9.55 Å². The van der Waals surface area contributed by atoms with Crippen molar-refractivity contribution in [3.05, 3.63) is 17.7 Å². The first-order chi connectivity index (χ1) is 6.07. The number of hydrogen-bond acceptors (Lipinski definition) is 4. The molecule has 0 aliphatic rings. The Morgan fingerprint density at radius 3 is 2.62 bits per heavy atom. The van der Waals surface area contributed by atoms with E-state index in [2.05, 4.69) is 9.72 Å². The Kier molecular flexibility index (Phi) is 2.32. The zero-order chi connectivity index (χ0) is 10.0. The number of carboxylic acid groups (broad SMARTS) is 1. The number of carboxylic acids is 1. The van der Waals surface area contributed by atoms with Crippen molar-refractivity contribution in [3.8, 4) is 0 Å². The number of carbonyl (C=O) groups is 2. The molecule has 0 aliphatic heterocycles. The van der Waals surface area contributed by atoms with Gasteiger partial charge in [0.05, 0.1) is 13.3 Å². The van der Waals surface area contributed by atoms with E-state index in [-0.39, 0.29) is 11.5 Å². The first-order valence-electron chi connectivity index (χ1n) is 3.41. The largest absolute Gasteiger partial charge is 0.475 e. The van der Waals surface area contributed by atoms with Gasteiger partial charge in [0, 0.05) is 7.05 Å². The van der Waals surface area contributed by atoms with Gasteiger partial charge in [-0.05, 0) is 0 Å². The summed E-state index contributed by atoms with van der Waals surface area (Å²) < 4.78 is 5.58. The van der Waals surface area contributed by atoms with Crippen LogP contribution in [0.4, 0.5) is 0 Å². The van der Waals surface area contributed by atoms with E-state index >= 15 is 0 Å². The number of esters is 1. The summed E-state index contributed by atoms with van der Waals surface area (Å²) in [7, 11) is 2.65. The third-order valence-electron chi connectivity index (χ3n) is 1.57. The predicted octanol–water partition coefficient (Wildman–Crippen LogP) is -0.0951. The highest BCUT2D eigenvalue weighted by Crippen LogP contribution is 2.03. The molecule has 0 aromatic carbocycles. The third-order valence-corrected chi connectivity index (χ3v) is 1.57. The molecular weight excluding hydrogens is 176 g/mol. The van der Waals surface area contributed by atoms with Gasteiger partial charge in [0.1, 0.15) is 5.69 Å². The number of carbonyl (C=O) groups excluding carboxylic acids is 1. The highest BCUT2D eigenvalue weighted by atomic mass is 16.5. The minimum Gasteiger partial charge on any atom is -0.475 e. The van der Waals surface area contributed by atoms with Crippen LogP contribution in [-0.2, 0) is 11.8 Å². The average Bonchev–Trinajstić information content (AvgIpc) is 2.46. The first kappa shape index (κ1) is 9.24. The Morgan fingerprint density at radius 2 is 2.23 bits per heavy atom. The molecule has 0 aliphatic carbocycles. The second-order valence-corrected chi connectivity index (χ2v) is 2.32. The van der Waals surface area contributed by atoms with Gasteiger partial charge in [-0.2, -0.15) is 0 Å². The Balaban J connectivity index is 3.13. The second-order valence-electron chi connectivity index (χ2n) is 2.32. The van der Waals surface area contributed by atoms with Crippen molar-refractivity contribution in [3.63, 3.8) is 0 Å². The normalized spacial score (nSPS) is 9.69. The molecule has 1 rings (SSSR count). The van der Waals surface area contributed by atoms with Gasteiger partial charge in [0.25, 0.3) is 0 Å². The molecule has 0 saturated heterocycles. The second kappa shape index (κ2) is 3.26. The molecule has 0 spiro atoms. The Bertz CT molecular complexity index is 355. The monoisotopic (exact) mass is 184 g/mol. The molecule has 0 unspecified atom stereocenters. The van der Waals surface area contributed by atoms with Crippen LogP contribution in [0.1, 0.15) is 21.1 Å². The lowest BCUT2D eigenvalue weighted by Gasteiger charge is -2.00. The molecule has 0 saturated carbocycles. The fourth-order valence-electron chi connectivity index (χ4n) is 0.902. The molecule has 6 heteroatoms. The molecule has 0 bridgehead atoms. The number of imidazole rings is 1. The van der Waals surface area contributed by atoms with Crippen molar-refractivity contribution < 1.29 is 19.4 Å². The maximum Gasteiger partial charge on any atom is 0.372 e. The smallest absolute Gasteiger partial charge is 0.372 e. The first-order valence-corrected chi connectivity index (χ1v) is 3.41. The van der Waals surface area contributed by atoms with Gasteiger partial charge in [-0.25, -0.2) is 14.6 Å². The number of methoxy groups -OCH3 is 1. The van der Waals surface area contributed by atoms with Crippen LogP contribution in [0.25, 0.3) is 0 Å². The van der Waals surface area contributed by atoms with E-state index in [1.807, 2.05) is 0 Å². The summed E-state index contributed by atoms with van der Waals surface area (Å²) in [5.74, 6) is -1.99. The molecule has 1 N–H and O–H groups in total. The summed E-state index contributed by atoms with van der Waals surface area (Å²) in [4.78, 5) is 25.1. The number of hydrogen-bond donors (Lipinski definition) is 1. The summed E-state index contributed by atoms with van der Waals surface area (Å²) >= 11 is 0. The lowest BCUT2D eigenvalue weighted by atomic mass is 10.5. The minimum atomic E-state index is -1.18. The van der Waals surface area contributed by atoms with E-state index < -0.39 is 11.9 Å². The summed E-state index contributed by atoms with van der Waals surface area (Å²) in [5, 5.41) is 8.60. The van der Waals surface area contributed by atoms with Gasteiger partial charge >= 0.3 is 11.9 Å². The van der Waals surface area contributed by atoms with E-state index in [1.54, 1.807) is 0 Å². The molecule has 13 heavy (non-hydrogen) atoms. The standard InChI is InChI=1S/C7H8N2O4/c1-9-4(7(12)13-2)3-8-5(9)6(10)11/h3H,1-2H3,(H,10,11). The average molecular weight is 184 g/mol. The van der Waals surface area contributed by atoms with E-state index in [0.29, 0.717) is 0 Å². The molecule has 1 aromatic rings. The van der Waals surface area contributed by atoms with Crippen LogP contribution >= 0.6 is 0 Å². The summed E-state index contributed by atoms with van der Waals surface area (Å²) in [6.45, 7) is 0. The molecule has 0 atom stereocenters. The van der Waals surface area contributed by atoms with Crippen LogP contribution in [0.3, 0.4) is 0 Å². The SMILES string of the molecule is COC(=O)c1cnc(C(=O)O)n1C. The number of rotatable bonds is 2. The van der Waals surface area contributed by atoms with Crippen LogP contribution in [-0.4, -0.2) is 33.7 Å². The summed E-state index contributed by atoms with van der Waals surface area (Å²) in [5.41, 5.74) is 0.111. The number of aromatic carboxylic acids is 1. The van der Waals surface area contributed by atoms with Crippen molar-refractivity contribution >= 4 is 11.9 Å². The number of ether oxygens (including phenoxy) is 1. The molecule has 1 aromatic heterocycles. The highest BCUT2D eigenvalue weighted by Gasteiger charge is 2.17. The van der Waals surface area contributed by atoms with Crippen LogP contribution in [0, 0.1) is 0 Å². The fourth-order valence-corrected chi connectivity index (χ4v) is 0.902.